The van der Waals surface area contributed by atoms with Gasteiger partial charge in [-0.3, -0.25) is 4.79 Å². The van der Waals surface area contributed by atoms with E-state index in [1.807, 2.05) is 0 Å². The first-order valence-electron chi connectivity index (χ1n) is 5.45. The van der Waals surface area contributed by atoms with Crippen LogP contribution in [0.25, 0.3) is 0 Å². The molecule has 17 heavy (non-hydrogen) atoms. The fourth-order valence-electron chi connectivity index (χ4n) is 1.70. The van der Waals surface area contributed by atoms with Crippen molar-refractivity contribution in [1.82, 2.24) is 5.32 Å². The molecule has 0 saturated heterocycles. The number of nitrogen functional groups attached to an aromatic ring is 1. The molecule has 0 aliphatic heterocycles. The van der Waals surface area contributed by atoms with Crippen LogP contribution in [0.15, 0.2) is 18.2 Å². The maximum Gasteiger partial charge on any atom is 0.254 e. The normalized spacial score (nSPS) is 16.6. The molecule has 0 unspecified atom stereocenters. The Kier molecular flexibility index (Phi) is 3.54. The number of amides is 1. The lowest BCUT2D eigenvalue weighted by molar-refractivity contribution is 0.0954. The maximum atomic E-state index is 12.0. The van der Waals surface area contributed by atoms with Crippen LogP contribution in [0, 0.1) is 0 Å². The van der Waals surface area contributed by atoms with E-state index in [0.717, 1.165) is 12.8 Å². The summed E-state index contributed by atoms with van der Waals surface area (Å²) in [5.41, 5.74) is 6.56. The fraction of sp³-hybridized carbons (Fsp3) is 0.417. The number of anilines is 1. The van der Waals surface area contributed by atoms with Crippen LogP contribution in [-0.4, -0.2) is 23.5 Å². The van der Waals surface area contributed by atoms with Crippen molar-refractivity contribution in [2.45, 2.75) is 17.6 Å². The van der Waals surface area contributed by atoms with E-state index in [-0.39, 0.29) is 10.7 Å². The van der Waals surface area contributed by atoms with Gasteiger partial charge in [-0.1, -0.05) is 17.7 Å². The molecule has 92 valence electrons. The summed E-state index contributed by atoms with van der Waals surface area (Å²) in [5, 5.41) is 3.31. The Morgan fingerprint density at radius 1 is 1.59 bits per heavy atom. The van der Waals surface area contributed by atoms with E-state index < -0.39 is 0 Å². The average molecular weight is 271 g/mol. The highest BCUT2D eigenvalue weighted by atomic mass is 35.5. The minimum atomic E-state index is -0.187. The Balaban J connectivity index is 2.05. The van der Waals surface area contributed by atoms with Crippen molar-refractivity contribution >= 4 is 35.0 Å². The number of hydrogen-bond donors (Lipinski definition) is 2. The molecule has 1 aliphatic rings. The zero-order valence-electron chi connectivity index (χ0n) is 9.63. The number of rotatable bonds is 4. The highest BCUT2D eigenvalue weighted by Crippen LogP contribution is 2.46. The molecule has 1 amide bonds. The fourth-order valence-corrected chi connectivity index (χ4v) is 2.70. The number of benzene rings is 1. The van der Waals surface area contributed by atoms with E-state index in [9.17, 15) is 4.79 Å². The van der Waals surface area contributed by atoms with Gasteiger partial charge in [0.25, 0.3) is 5.91 Å². The molecule has 2 rings (SSSR count). The SMILES string of the molecule is CSC1(CNC(=O)c2c(N)cccc2Cl)CC1. The molecule has 3 N–H and O–H groups in total. The topological polar surface area (TPSA) is 55.1 Å². The van der Waals surface area contributed by atoms with Crippen molar-refractivity contribution < 1.29 is 4.79 Å². The summed E-state index contributed by atoms with van der Waals surface area (Å²) in [4.78, 5) is 12.0. The molecule has 0 atom stereocenters. The largest absolute Gasteiger partial charge is 0.398 e. The van der Waals surface area contributed by atoms with Crippen LogP contribution in [0.1, 0.15) is 23.2 Å². The van der Waals surface area contributed by atoms with Gasteiger partial charge >= 0.3 is 0 Å². The van der Waals surface area contributed by atoms with Crippen molar-refractivity contribution in [1.29, 1.82) is 0 Å². The van der Waals surface area contributed by atoms with Gasteiger partial charge in [-0.25, -0.2) is 0 Å². The van der Waals surface area contributed by atoms with Crippen molar-refractivity contribution in [3.63, 3.8) is 0 Å². The molecule has 0 heterocycles. The van der Waals surface area contributed by atoms with Crippen molar-refractivity contribution in [3.05, 3.63) is 28.8 Å². The quantitative estimate of drug-likeness (QED) is 0.827. The predicted octanol–water partition coefficient (Wildman–Crippen LogP) is 2.55. The number of carbonyl (C=O) groups is 1. The predicted molar refractivity (Wildman–Crippen MR) is 73.7 cm³/mol. The zero-order chi connectivity index (χ0) is 12.5. The van der Waals surface area contributed by atoms with Crippen LogP contribution in [0.5, 0.6) is 0 Å². The number of hydrogen-bond acceptors (Lipinski definition) is 3. The molecule has 5 heteroatoms. The van der Waals surface area contributed by atoms with E-state index >= 15 is 0 Å². The average Bonchev–Trinajstić information content (AvgIpc) is 3.07. The molecular weight excluding hydrogens is 256 g/mol. The first-order chi connectivity index (χ1) is 8.08. The molecule has 0 aromatic heterocycles. The van der Waals surface area contributed by atoms with Gasteiger partial charge in [0.1, 0.15) is 0 Å². The second-order valence-corrected chi connectivity index (χ2v) is 5.96. The summed E-state index contributed by atoms with van der Waals surface area (Å²) < 4.78 is 0.242. The lowest BCUT2D eigenvalue weighted by atomic mass is 10.1. The lowest BCUT2D eigenvalue weighted by Crippen LogP contribution is -2.32. The zero-order valence-corrected chi connectivity index (χ0v) is 11.2. The smallest absolute Gasteiger partial charge is 0.254 e. The van der Waals surface area contributed by atoms with E-state index in [2.05, 4.69) is 11.6 Å². The van der Waals surface area contributed by atoms with Gasteiger partial charge in [0.15, 0.2) is 0 Å². The van der Waals surface area contributed by atoms with Crippen LogP contribution in [0.2, 0.25) is 5.02 Å². The second kappa shape index (κ2) is 4.78. The van der Waals surface area contributed by atoms with Crippen LogP contribution in [0.3, 0.4) is 0 Å². The summed E-state index contributed by atoms with van der Waals surface area (Å²) in [5.74, 6) is -0.187. The molecule has 1 saturated carbocycles. The second-order valence-electron chi connectivity index (χ2n) is 4.27. The minimum Gasteiger partial charge on any atom is -0.398 e. The van der Waals surface area contributed by atoms with E-state index in [4.69, 9.17) is 17.3 Å². The molecule has 0 spiro atoms. The summed E-state index contributed by atoms with van der Waals surface area (Å²) in [6.45, 7) is 0.678. The Labute approximate surface area is 110 Å². The van der Waals surface area contributed by atoms with Crippen molar-refractivity contribution in [2.75, 3.05) is 18.5 Å². The van der Waals surface area contributed by atoms with Gasteiger partial charge in [0.2, 0.25) is 0 Å². The van der Waals surface area contributed by atoms with Gasteiger partial charge in [0, 0.05) is 17.0 Å². The highest BCUT2D eigenvalue weighted by molar-refractivity contribution is 8.00. The number of nitrogens with two attached hydrogens (primary N) is 1. The molecule has 1 aromatic rings. The van der Waals surface area contributed by atoms with Crippen LogP contribution in [-0.2, 0) is 0 Å². The summed E-state index contributed by atoms with van der Waals surface area (Å²) >= 11 is 7.78. The molecule has 3 nitrogen and oxygen atoms in total. The van der Waals surface area contributed by atoms with Gasteiger partial charge in [-0.05, 0) is 31.2 Å². The Hall–Kier alpha value is -0.870. The van der Waals surface area contributed by atoms with Gasteiger partial charge in [-0.2, -0.15) is 11.8 Å². The maximum absolute atomic E-state index is 12.0. The summed E-state index contributed by atoms with van der Waals surface area (Å²) in [6.07, 6.45) is 4.39. The first kappa shape index (κ1) is 12.6. The van der Waals surface area contributed by atoms with Gasteiger partial charge < -0.3 is 11.1 Å². The number of carbonyl (C=O) groups excluding carboxylic acids is 1. The van der Waals surface area contributed by atoms with E-state index in [1.54, 1.807) is 30.0 Å². The number of halogens is 1. The van der Waals surface area contributed by atoms with E-state index in [0.29, 0.717) is 22.8 Å². The monoisotopic (exact) mass is 270 g/mol. The molecule has 1 fully saturated rings. The highest BCUT2D eigenvalue weighted by Gasteiger charge is 2.42. The minimum absolute atomic E-state index is 0.187. The van der Waals surface area contributed by atoms with Crippen molar-refractivity contribution in [2.24, 2.45) is 0 Å². The standard InChI is InChI=1S/C12H15ClN2OS/c1-17-12(5-6-12)7-15-11(16)10-8(13)3-2-4-9(10)14/h2-4H,5-7,14H2,1H3,(H,15,16). The number of thioether (sulfide) groups is 1. The number of nitrogens with one attached hydrogen (secondary N) is 1. The summed E-state index contributed by atoms with van der Waals surface area (Å²) in [7, 11) is 0. The van der Waals surface area contributed by atoms with Gasteiger partial charge in [0.05, 0.1) is 10.6 Å². The summed E-state index contributed by atoms with van der Waals surface area (Å²) in [6, 6.07) is 5.09. The molecule has 0 radical (unpaired) electrons. The molecule has 0 bridgehead atoms. The molecular formula is C12H15ClN2OS. The third-order valence-electron chi connectivity index (χ3n) is 3.08. The van der Waals surface area contributed by atoms with Crippen LogP contribution >= 0.6 is 23.4 Å². The third-order valence-corrected chi connectivity index (χ3v) is 4.82. The Morgan fingerprint density at radius 2 is 2.29 bits per heavy atom. The van der Waals surface area contributed by atoms with Gasteiger partial charge in [-0.15, -0.1) is 0 Å². The first-order valence-corrected chi connectivity index (χ1v) is 7.06. The molecule has 1 aliphatic carbocycles. The van der Waals surface area contributed by atoms with Crippen LogP contribution < -0.4 is 11.1 Å². The van der Waals surface area contributed by atoms with E-state index in [1.165, 1.54) is 0 Å². The Bertz CT molecular complexity index is 426. The lowest BCUT2D eigenvalue weighted by Gasteiger charge is -2.14. The third kappa shape index (κ3) is 2.69. The van der Waals surface area contributed by atoms with Crippen molar-refractivity contribution in [3.8, 4) is 0 Å². The Morgan fingerprint density at radius 3 is 2.82 bits per heavy atom. The molecule has 1 aromatic carbocycles. The van der Waals surface area contributed by atoms with Crippen LogP contribution in [0.4, 0.5) is 5.69 Å².